The molecule has 0 spiro atoms. The number of hydrogen-bond acceptors (Lipinski definition) is 4. The van der Waals surface area contributed by atoms with Crippen molar-refractivity contribution in [3.8, 4) is 0 Å². The molecule has 0 fully saturated rings. The second-order valence-corrected chi connectivity index (χ2v) is 5.99. The Bertz CT molecular complexity index is 695. The number of aryl methyl sites for hydroxylation is 1. The first-order valence-corrected chi connectivity index (χ1v) is 6.94. The van der Waals surface area contributed by atoms with Crippen molar-refractivity contribution in [1.29, 1.82) is 0 Å². The fourth-order valence-corrected chi connectivity index (χ4v) is 1.85. The zero-order valence-electron chi connectivity index (χ0n) is 13.1. The van der Waals surface area contributed by atoms with Gasteiger partial charge in [-0.05, 0) is 39.8 Å². The maximum Gasteiger partial charge on any atom is 0.270 e. The first-order chi connectivity index (χ1) is 10.2. The average Bonchev–Trinajstić information content (AvgIpc) is 2.39. The third-order valence-corrected chi connectivity index (χ3v) is 2.70. The SMILES string of the molecule is Cc1nc(Nc2ccccc2F)cc(C(=O)NC(C)(C)C)n1. The number of benzene rings is 1. The fourth-order valence-electron chi connectivity index (χ4n) is 1.85. The van der Waals surface area contributed by atoms with Gasteiger partial charge in [-0.2, -0.15) is 0 Å². The van der Waals surface area contributed by atoms with Crippen molar-refractivity contribution >= 4 is 17.4 Å². The Labute approximate surface area is 129 Å². The Morgan fingerprint density at radius 3 is 2.50 bits per heavy atom. The Morgan fingerprint density at radius 1 is 1.18 bits per heavy atom. The molecule has 0 bridgehead atoms. The van der Waals surface area contributed by atoms with Gasteiger partial charge in [0.25, 0.3) is 5.91 Å². The van der Waals surface area contributed by atoms with E-state index in [1.807, 2.05) is 20.8 Å². The van der Waals surface area contributed by atoms with Gasteiger partial charge in [0.1, 0.15) is 23.2 Å². The van der Waals surface area contributed by atoms with Gasteiger partial charge in [-0.1, -0.05) is 12.1 Å². The molecule has 116 valence electrons. The minimum absolute atomic E-state index is 0.237. The molecule has 2 N–H and O–H groups in total. The minimum Gasteiger partial charge on any atom is -0.346 e. The minimum atomic E-state index is -0.389. The summed E-state index contributed by atoms with van der Waals surface area (Å²) in [5.74, 6) is 0.117. The van der Waals surface area contributed by atoms with Crippen molar-refractivity contribution in [1.82, 2.24) is 15.3 Å². The molecule has 2 rings (SSSR count). The number of hydrogen-bond donors (Lipinski definition) is 2. The Balaban J connectivity index is 2.27. The molecule has 0 radical (unpaired) electrons. The topological polar surface area (TPSA) is 66.9 Å². The molecule has 0 aliphatic rings. The summed E-state index contributed by atoms with van der Waals surface area (Å²) in [6.45, 7) is 7.34. The molecule has 0 saturated heterocycles. The van der Waals surface area contributed by atoms with Crippen molar-refractivity contribution in [2.45, 2.75) is 33.2 Å². The van der Waals surface area contributed by atoms with Crippen LogP contribution in [-0.2, 0) is 0 Å². The van der Waals surface area contributed by atoms with Gasteiger partial charge in [-0.25, -0.2) is 14.4 Å². The van der Waals surface area contributed by atoms with Gasteiger partial charge in [-0.3, -0.25) is 4.79 Å². The van der Waals surface area contributed by atoms with Gasteiger partial charge in [-0.15, -0.1) is 0 Å². The second-order valence-electron chi connectivity index (χ2n) is 5.99. The zero-order chi connectivity index (χ0) is 16.3. The van der Waals surface area contributed by atoms with Crippen LogP contribution in [0.2, 0.25) is 0 Å². The highest BCUT2D eigenvalue weighted by atomic mass is 19.1. The number of aromatic nitrogens is 2. The van der Waals surface area contributed by atoms with Crippen LogP contribution in [-0.4, -0.2) is 21.4 Å². The molecule has 1 heterocycles. The van der Waals surface area contributed by atoms with Gasteiger partial charge in [0.05, 0.1) is 5.69 Å². The number of carbonyl (C=O) groups is 1. The molecule has 0 aliphatic heterocycles. The van der Waals surface area contributed by atoms with Crippen LogP contribution in [0, 0.1) is 12.7 Å². The molecule has 5 nitrogen and oxygen atoms in total. The summed E-state index contributed by atoms with van der Waals surface area (Å²) in [7, 11) is 0. The Kier molecular flexibility index (Phi) is 4.40. The number of carbonyl (C=O) groups excluding carboxylic acids is 1. The van der Waals surface area contributed by atoms with Gasteiger partial charge >= 0.3 is 0 Å². The zero-order valence-corrected chi connectivity index (χ0v) is 13.1. The summed E-state index contributed by atoms with van der Waals surface area (Å²) in [5, 5.41) is 5.70. The lowest BCUT2D eigenvalue weighted by atomic mass is 10.1. The van der Waals surface area contributed by atoms with E-state index in [9.17, 15) is 9.18 Å². The summed E-state index contributed by atoms with van der Waals surface area (Å²) in [5.41, 5.74) is 0.166. The van der Waals surface area contributed by atoms with Crippen LogP contribution in [0.25, 0.3) is 0 Å². The molecule has 1 aromatic carbocycles. The largest absolute Gasteiger partial charge is 0.346 e. The van der Waals surface area contributed by atoms with Crippen molar-refractivity contribution in [3.63, 3.8) is 0 Å². The van der Waals surface area contributed by atoms with Crippen LogP contribution in [0.1, 0.15) is 37.1 Å². The van der Waals surface area contributed by atoms with Crippen LogP contribution < -0.4 is 10.6 Å². The molecule has 2 aromatic rings. The molecule has 22 heavy (non-hydrogen) atoms. The summed E-state index contributed by atoms with van der Waals surface area (Å²) < 4.78 is 13.7. The number of halogens is 1. The predicted molar refractivity (Wildman–Crippen MR) is 83.7 cm³/mol. The monoisotopic (exact) mass is 302 g/mol. The highest BCUT2D eigenvalue weighted by Gasteiger charge is 2.17. The number of nitrogens with zero attached hydrogens (tertiary/aromatic N) is 2. The maximum atomic E-state index is 13.7. The van der Waals surface area contributed by atoms with Crippen molar-refractivity contribution in [2.75, 3.05) is 5.32 Å². The predicted octanol–water partition coefficient (Wildman–Crippen LogP) is 3.20. The number of rotatable bonds is 3. The number of amides is 1. The number of anilines is 2. The lowest BCUT2D eigenvalue weighted by molar-refractivity contribution is 0.0914. The third kappa shape index (κ3) is 4.25. The van der Waals surface area contributed by atoms with Gasteiger partial charge < -0.3 is 10.6 Å². The smallest absolute Gasteiger partial charge is 0.270 e. The molecule has 0 aliphatic carbocycles. The lowest BCUT2D eigenvalue weighted by Crippen LogP contribution is -2.41. The molecule has 0 atom stereocenters. The molecule has 0 unspecified atom stereocenters. The van der Waals surface area contributed by atoms with Gasteiger partial charge in [0, 0.05) is 11.6 Å². The Hall–Kier alpha value is -2.50. The summed E-state index contributed by atoms with van der Waals surface area (Å²) in [6.07, 6.45) is 0. The van der Waals surface area contributed by atoms with Crippen LogP contribution in [0.15, 0.2) is 30.3 Å². The van der Waals surface area contributed by atoms with Crippen molar-refractivity contribution < 1.29 is 9.18 Å². The van der Waals surface area contributed by atoms with Crippen LogP contribution >= 0.6 is 0 Å². The van der Waals surface area contributed by atoms with E-state index in [2.05, 4.69) is 20.6 Å². The van der Waals surface area contributed by atoms with Gasteiger partial charge in [0.2, 0.25) is 0 Å². The van der Waals surface area contributed by atoms with E-state index in [4.69, 9.17) is 0 Å². The van der Waals surface area contributed by atoms with Gasteiger partial charge in [0.15, 0.2) is 0 Å². The summed E-state index contributed by atoms with van der Waals surface area (Å²) >= 11 is 0. The average molecular weight is 302 g/mol. The lowest BCUT2D eigenvalue weighted by Gasteiger charge is -2.20. The van der Waals surface area contributed by atoms with E-state index in [1.165, 1.54) is 12.1 Å². The van der Waals surface area contributed by atoms with Crippen molar-refractivity contribution in [3.05, 3.63) is 47.7 Å². The first-order valence-electron chi connectivity index (χ1n) is 6.94. The quantitative estimate of drug-likeness (QED) is 0.913. The molecular weight excluding hydrogens is 283 g/mol. The van der Waals surface area contributed by atoms with Crippen LogP contribution in [0.5, 0.6) is 0 Å². The fraction of sp³-hybridized carbons (Fsp3) is 0.312. The normalized spacial score (nSPS) is 11.1. The van der Waals surface area contributed by atoms with E-state index in [1.54, 1.807) is 25.1 Å². The summed E-state index contributed by atoms with van der Waals surface area (Å²) in [6, 6.07) is 7.77. The highest BCUT2D eigenvalue weighted by Crippen LogP contribution is 2.18. The standard InChI is InChI=1S/C16H19FN4O/c1-10-18-13(15(22)21-16(2,3)4)9-14(19-10)20-12-8-6-5-7-11(12)17/h5-9H,1-4H3,(H,21,22)(H,18,19,20). The second kappa shape index (κ2) is 6.09. The Morgan fingerprint density at radius 2 is 1.86 bits per heavy atom. The van der Waals surface area contributed by atoms with E-state index in [-0.39, 0.29) is 23.0 Å². The highest BCUT2D eigenvalue weighted by molar-refractivity contribution is 5.93. The molecule has 1 amide bonds. The maximum absolute atomic E-state index is 13.7. The van der Waals surface area contributed by atoms with Crippen molar-refractivity contribution in [2.24, 2.45) is 0 Å². The van der Waals surface area contributed by atoms with E-state index in [0.29, 0.717) is 17.3 Å². The van der Waals surface area contributed by atoms with Crippen LogP contribution in [0.3, 0.4) is 0 Å². The van der Waals surface area contributed by atoms with E-state index >= 15 is 0 Å². The number of para-hydroxylation sites is 1. The van der Waals surface area contributed by atoms with E-state index in [0.717, 1.165) is 0 Å². The molecule has 0 saturated carbocycles. The molecular formula is C16H19FN4O. The summed E-state index contributed by atoms with van der Waals surface area (Å²) in [4.78, 5) is 20.5. The number of nitrogens with one attached hydrogen (secondary N) is 2. The first kappa shape index (κ1) is 15.9. The molecule has 6 heteroatoms. The van der Waals surface area contributed by atoms with Crippen LogP contribution in [0.4, 0.5) is 15.9 Å². The molecule has 1 aromatic heterocycles. The van der Waals surface area contributed by atoms with E-state index < -0.39 is 0 Å². The third-order valence-electron chi connectivity index (χ3n) is 2.70.